The molecule has 0 unspecified atom stereocenters. The number of pyridine rings is 1. The van der Waals surface area contributed by atoms with Gasteiger partial charge in [0.25, 0.3) is 0 Å². The molecule has 3 aromatic heterocycles. The molecule has 32 heavy (non-hydrogen) atoms. The fourth-order valence-electron chi connectivity index (χ4n) is 4.54. The summed E-state index contributed by atoms with van der Waals surface area (Å²) >= 11 is 1.41. The first-order chi connectivity index (χ1) is 15.3. The highest BCUT2D eigenvalue weighted by atomic mass is 32.2. The summed E-state index contributed by atoms with van der Waals surface area (Å²) in [4.78, 5) is 17.2. The lowest BCUT2D eigenvalue weighted by Crippen LogP contribution is -2.14. The van der Waals surface area contributed by atoms with Gasteiger partial charge in [-0.15, -0.1) is 10.2 Å². The van der Waals surface area contributed by atoms with E-state index in [0.29, 0.717) is 18.0 Å². The zero-order valence-electron chi connectivity index (χ0n) is 18.1. The Hall–Kier alpha value is -2.46. The Morgan fingerprint density at radius 3 is 2.50 bits per heavy atom. The minimum absolute atomic E-state index is 0.0195. The number of Topliss-reactive ketones (excluding diaryl/α,β-unsaturated/α-hetero) is 1. The van der Waals surface area contributed by atoms with Crippen LogP contribution in [0.1, 0.15) is 53.1 Å². The van der Waals surface area contributed by atoms with Gasteiger partial charge in [0, 0.05) is 47.0 Å². The van der Waals surface area contributed by atoms with Crippen LogP contribution in [0.4, 0.5) is 0 Å². The Kier molecular flexibility index (Phi) is 5.45. The smallest absolute Gasteiger partial charge is 0.192 e. The molecule has 0 bridgehead atoms. The van der Waals surface area contributed by atoms with Crippen LogP contribution in [0.25, 0.3) is 11.4 Å². The van der Waals surface area contributed by atoms with E-state index in [-0.39, 0.29) is 29.1 Å². The normalized spacial score (nSPS) is 20.0. The van der Waals surface area contributed by atoms with Gasteiger partial charge < -0.3 is 4.57 Å². The fraction of sp³-hybridized carbons (Fsp3) is 0.455. The zero-order valence-corrected chi connectivity index (χ0v) is 19.7. The molecule has 1 saturated carbocycles. The third-order valence-electron chi connectivity index (χ3n) is 6.21. The maximum Gasteiger partial charge on any atom is 0.192 e. The first kappa shape index (κ1) is 21.4. The summed E-state index contributed by atoms with van der Waals surface area (Å²) in [5, 5.41) is 9.52. The molecular weight excluding hydrogens is 446 g/mol. The van der Waals surface area contributed by atoms with Crippen molar-refractivity contribution in [2.45, 2.75) is 50.4 Å². The molecular formula is C22H25N5O3S2. The van der Waals surface area contributed by atoms with Gasteiger partial charge in [-0.1, -0.05) is 11.8 Å². The standard InChI is InChI=1S/C22H25N5O3S2/c1-14-11-19(15(2)26(14)18-7-10-32(29,30)13-18)20(28)12-31-22-25-24-21(27(22)17-3-4-17)16-5-8-23-9-6-16/h5-6,8-9,11,17-18H,3-4,7,10,12-13H2,1-2H3/t18-/m0/s1. The Labute approximate surface area is 191 Å². The maximum absolute atomic E-state index is 13.1. The van der Waals surface area contributed by atoms with Crippen molar-refractivity contribution in [2.75, 3.05) is 17.3 Å². The summed E-state index contributed by atoms with van der Waals surface area (Å²) in [5.74, 6) is 1.45. The molecule has 0 amide bonds. The average Bonchev–Trinajstić information content (AvgIpc) is 3.31. The summed E-state index contributed by atoms with van der Waals surface area (Å²) in [5.41, 5.74) is 3.40. The molecule has 0 radical (unpaired) electrons. The number of aryl methyl sites for hydroxylation is 1. The quantitative estimate of drug-likeness (QED) is 0.384. The molecule has 1 saturated heterocycles. The highest BCUT2D eigenvalue weighted by molar-refractivity contribution is 7.99. The van der Waals surface area contributed by atoms with Crippen molar-refractivity contribution in [1.29, 1.82) is 0 Å². The Balaban J connectivity index is 1.35. The van der Waals surface area contributed by atoms with E-state index in [1.165, 1.54) is 11.8 Å². The Bertz CT molecular complexity index is 1280. The zero-order chi connectivity index (χ0) is 22.5. The van der Waals surface area contributed by atoms with E-state index in [1.54, 1.807) is 12.4 Å². The number of sulfone groups is 1. The van der Waals surface area contributed by atoms with Crippen LogP contribution in [0.2, 0.25) is 0 Å². The second-order valence-electron chi connectivity index (χ2n) is 8.57. The molecule has 1 aliphatic heterocycles. The molecule has 4 heterocycles. The highest BCUT2D eigenvalue weighted by Crippen LogP contribution is 2.41. The highest BCUT2D eigenvalue weighted by Gasteiger charge is 2.33. The van der Waals surface area contributed by atoms with Crippen LogP contribution in [0.15, 0.2) is 35.7 Å². The fourth-order valence-corrected chi connectivity index (χ4v) is 7.13. The van der Waals surface area contributed by atoms with E-state index in [0.717, 1.165) is 40.8 Å². The van der Waals surface area contributed by atoms with Crippen molar-refractivity contribution in [3.63, 3.8) is 0 Å². The average molecular weight is 472 g/mol. The predicted molar refractivity (Wildman–Crippen MR) is 123 cm³/mol. The van der Waals surface area contributed by atoms with Crippen molar-refractivity contribution in [3.8, 4) is 11.4 Å². The molecule has 0 spiro atoms. The van der Waals surface area contributed by atoms with E-state index >= 15 is 0 Å². The molecule has 2 aliphatic rings. The maximum atomic E-state index is 13.1. The number of hydrogen-bond donors (Lipinski definition) is 0. The van der Waals surface area contributed by atoms with Crippen LogP contribution in [-0.2, 0) is 9.84 Å². The van der Waals surface area contributed by atoms with Crippen molar-refractivity contribution in [3.05, 3.63) is 47.5 Å². The van der Waals surface area contributed by atoms with Crippen molar-refractivity contribution >= 4 is 27.4 Å². The number of carbonyl (C=O) groups is 1. The molecule has 1 atom stereocenters. The van der Waals surface area contributed by atoms with E-state index in [1.807, 2.05) is 36.6 Å². The summed E-state index contributed by atoms with van der Waals surface area (Å²) in [6.45, 7) is 3.84. The summed E-state index contributed by atoms with van der Waals surface area (Å²) in [6, 6.07) is 6.01. The van der Waals surface area contributed by atoms with Gasteiger partial charge in [0.2, 0.25) is 0 Å². The van der Waals surface area contributed by atoms with E-state index in [4.69, 9.17) is 0 Å². The molecule has 0 N–H and O–H groups in total. The van der Waals surface area contributed by atoms with Crippen LogP contribution < -0.4 is 0 Å². The largest absolute Gasteiger partial charge is 0.344 e. The first-order valence-corrected chi connectivity index (χ1v) is 13.5. The number of nitrogens with zero attached hydrogens (tertiary/aromatic N) is 5. The van der Waals surface area contributed by atoms with Crippen LogP contribution in [0, 0.1) is 13.8 Å². The van der Waals surface area contributed by atoms with Crippen LogP contribution >= 0.6 is 11.8 Å². The predicted octanol–water partition coefficient (Wildman–Crippen LogP) is 3.43. The monoisotopic (exact) mass is 471 g/mol. The van der Waals surface area contributed by atoms with E-state index in [9.17, 15) is 13.2 Å². The number of rotatable bonds is 7. The molecule has 168 valence electrons. The summed E-state index contributed by atoms with van der Waals surface area (Å²) in [7, 11) is -2.99. The third-order valence-corrected chi connectivity index (χ3v) is 8.90. The SMILES string of the molecule is Cc1cc(C(=O)CSc2nnc(-c3ccncc3)n2C2CC2)c(C)n1[C@H]1CCS(=O)(=O)C1. The second-order valence-corrected chi connectivity index (χ2v) is 11.7. The van der Waals surface area contributed by atoms with Crippen LogP contribution in [-0.4, -0.2) is 55.8 Å². The van der Waals surface area contributed by atoms with Gasteiger partial charge in [-0.05, 0) is 51.3 Å². The molecule has 10 heteroatoms. The van der Waals surface area contributed by atoms with Gasteiger partial charge >= 0.3 is 0 Å². The van der Waals surface area contributed by atoms with Crippen LogP contribution in [0.3, 0.4) is 0 Å². The number of hydrogen-bond acceptors (Lipinski definition) is 7. The third kappa shape index (κ3) is 4.01. The molecule has 0 aromatic carbocycles. The topological polar surface area (TPSA) is 99.7 Å². The van der Waals surface area contributed by atoms with Gasteiger partial charge in [-0.25, -0.2) is 8.42 Å². The first-order valence-electron chi connectivity index (χ1n) is 10.7. The number of carbonyl (C=O) groups excluding carboxylic acids is 1. The van der Waals surface area contributed by atoms with E-state index < -0.39 is 9.84 Å². The van der Waals surface area contributed by atoms with Gasteiger partial charge in [-0.2, -0.15) is 0 Å². The van der Waals surface area contributed by atoms with Gasteiger partial charge in [0.05, 0.1) is 17.3 Å². The van der Waals surface area contributed by atoms with Crippen molar-refractivity contribution < 1.29 is 13.2 Å². The van der Waals surface area contributed by atoms with Crippen LogP contribution in [0.5, 0.6) is 0 Å². The molecule has 1 aliphatic carbocycles. The summed E-state index contributed by atoms with van der Waals surface area (Å²) in [6.07, 6.45) is 6.25. The summed E-state index contributed by atoms with van der Waals surface area (Å²) < 4.78 is 28.0. The van der Waals surface area contributed by atoms with Gasteiger partial charge in [0.15, 0.2) is 26.6 Å². The van der Waals surface area contributed by atoms with Gasteiger partial charge in [0.1, 0.15) is 0 Å². The molecule has 3 aromatic rings. The Morgan fingerprint density at radius 1 is 1.09 bits per heavy atom. The molecule has 8 nitrogen and oxygen atoms in total. The number of thioether (sulfide) groups is 1. The van der Waals surface area contributed by atoms with Crippen molar-refractivity contribution in [1.82, 2.24) is 24.3 Å². The minimum atomic E-state index is -2.99. The minimum Gasteiger partial charge on any atom is -0.344 e. The second kappa shape index (κ2) is 8.15. The number of ketones is 1. The van der Waals surface area contributed by atoms with Gasteiger partial charge in [-0.3, -0.25) is 14.3 Å². The van der Waals surface area contributed by atoms with E-state index in [2.05, 4.69) is 19.7 Å². The molecule has 5 rings (SSSR count). The van der Waals surface area contributed by atoms with Crippen molar-refractivity contribution in [2.24, 2.45) is 0 Å². The lowest BCUT2D eigenvalue weighted by molar-refractivity contribution is 0.102. The Morgan fingerprint density at radius 2 is 1.84 bits per heavy atom. The lowest BCUT2D eigenvalue weighted by atomic mass is 10.2. The molecule has 2 fully saturated rings. The number of aromatic nitrogens is 5. The lowest BCUT2D eigenvalue weighted by Gasteiger charge is -2.16.